The van der Waals surface area contributed by atoms with Crippen molar-refractivity contribution in [2.24, 2.45) is 0 Å². The zero-order chi connectivity index (χ0) is 11.4. The molecule has 1 fully saturated rings. The van der Waals surface area contributed by atoms with Crippen molar-refractivity contribution in [2.45, 2.75) is 26.2 Å². The number of nitrogens with one attached hydrogen (secondary N) is 1. The van der Waals surface area contributed by atoms with Crippen molar-refractivity contribution < 1.29 is 0 Å². The summed E-state index contributed by atoms with van der Waals surface area (Å²) in [5.74, 6) is 1.63. The van der Waals surface area contributed by atoms with Crippen molar-refractivity contribution in [3.63, 3.8) is 0 Å². The van der Waals surface area contributed by atoms with Gasteiger partial charge in [0.15, 0.2) is 11.6 Å². The van der Waals surface area contributed by atoms with E-state index in [9.17, 15) is 0 Å². The van der Waals surface area contributed by atoms with E-state index < -0.39 is 0 Å². The predicted molar refractivity (Wildman–Crippen MR) is 66.7 cm³/mol. The maximum atomic E-state index is 6.07. The molecule has 3 N–H and O–H groups in total. The van der Waals surface area contributed by atoms with Crippen molar-refractivity contribution in [1.82, 2.24) is 9.97 Å². The first-order valence-corrected chi connectivity index (χ1v) is 5.92. The van der Waals surface area contributed by atoms with Gasteiger partial charge >= 0.3 is 0 Å². The summed E-state index contributed by atoms with van der Waals surface area (Å²) in [7, 11) is 0. The van der Waals surface area contributed by atoms with E-state index in [1.54, 1.807) is 6.33 Å². The third-order valence-corrected chi connectivity index (χ3v) is 2.86. The van der Waals surface area contributed by atoms with Gasteiger partial charge in [-0.15, -0.1) is 0 Å². The van der Waals surface area contributed by atoms with Crippen molar-refractivity contribution in [3.8, 4) is 0 Å². The molecule has 1 saturated heterocycles. The number of anilines is 3. The van der Waals surface area contributed by atoms with Gasteiger partial charge in [0.25, 0.3) is 0 Å². The van der Waals surface area contributed by atoms with E-state index in [2.05, 4.69) is 20.2 Å². The standard InChI is InChI=1S/C11H19N5/c1-2-13-10-9(12)11(15-8-14-10)16-6-4-3-5-7-16/h8H,2-7,12H2,1H3,(H,13,14,15). The van der Waals surface area contributed by atoms with Crippen molar-refractivity contribution in [3.05, 3.63) is 6.33 Å². The largest absolute Gasteiger partial charge is 0.393 e. The van der Waals surface area contributed by atoms with Gasteiger partial charge < -0.3 is 16.0 Å². The Morgan fingerprint density at radius 2 is 2.06 bits per heavy atom. The second kappa shape index (κ2) is 5.01. The SMILES string of the molecule is CCNc1ncnc(N2CCCCC2)c1N. The molecule has 0 saturated carbocycles. The highest BCUT2D eigenvalue weighted by atomic mass is 15.2. The molecule has 5 heteroatoms. The summed E-state index contributed by atoms with van der Waals surface area (Å²) in [6.07, 6.45) is 5.33. The Kier molecular flexibility index (Phi) is 3.44. The molecule has 1 aliphatic heterocycles. The van der Waals surface area contributed by atoms with Gasteiger partial charge in [-0.25, -0.2) is 9.97 Å². The predicted octanol–water partition coefficient (Wildman–Crippen LogP) is 1.48. The van der Waals surface area contributed by atoms with Crippen LogP contribution in [0.4, 0.5) is 17.3 Å². The molecule has 5 nitrogen and oxygen atoms in total. The highest BCUT2D eigenvalue weighted by Gasteiger charge is 2.16. The van der Waals surface area contributed by atoms with Gasteiger partial charge in [0, 0.05) is 19.6 Å². The second-order valence-corrected chi connectivity index (χ2v) is 4.04. The van der Waals surface area contributed by atoms with E-state index in [0.29, 0.717) is 5.69 Å². The lowest BCUT2D eigenvalue weighted by molar-refractivity contribution is 0.573. The Labute approximate surface area is 96.1 Å². The minimum Gasteiger partial charge on any atom is -0.393 e. The number of rotatable bonds is 3. The fraction of sp³-hybridized carbons (Fsp3) is 0.636. The number of nitrogens with zero attached hydrogens (tertiary/aromatic N) is 3. The quantitative estimate of drug-likeness (QED) is 0.809. The van der Waals surface area contributed by atoms with Crippen molar-refractivity contribution in [1.29, 1.82) is 0 Å². The molecular weight excluding hydrogens is 202 g/mol. The molecule has 0 atom stereocenters. The molecule has 1 aliphatic rings. The van der Waals surface area contributed by atoms with Crippen molar-refractivity contribution >= 4 is 17.3 Å². The Balaban J connectivity index is 2.22. The molecule has 88 valence electrons. The molecule has 0 bridgehead atoms. The summed E-state index contributed by atoms with van der Waals surface area (Å²) < 4.78 is 0. The van der Waals surface area contributed by atoms with E-state index >= 15 is 0 Å². The molecule has 0 radical (unpaired) electrons. The third-order valence-electron chi connectivity index (χ3n) is 2.86. The maximum Gasteiger partial charge on any atom is 0.157 e. The van der Waals surface area contributed by atoms with Crippen LogP contribution in [0.1, 0.15) is 26.2 Å². The molecule has 1 aromatic rings. The molecule has 0 unspecified atom stereocenters. The minimum absolute atomic E-state index is 0.672. The lowest BCUT2D eigenvalue weighted by Gasteiger charge is -2.28. The number of nitrogens with two attached hydrogens (primary N) is 1. The molecule has 16 heavy (non-hydrogen) atoms. The van der Waals surface area contributed by atoms with E-state index in [-0.39, 0.29) is 0 Å². The van der Waals surface area contributed by atoms with Crippen LogP contribution < -0.4 is 16.0 Å². The smallest absolute Gasteiger partial charge is 0.157 e. The van der Waals surface area contributed by atoms with Crippen LogP contribution in [0.3, 0.4) is 0 Å². The number of nitrogen functional groups attached to an aromatic ring is 1. The Bertz CT molecular complexity index is 346. The van der Waals surface area contributed by atoms with Crippen LogP contribution in [0, 0.1) is 0 Å². The van der Waals surface area contributed by atoms with Gasteiger partial charge in [-0.05, 0) is 26.2 Å². The van der Waals surface area contributed by atoms with Crippen LogP contribution in [-0.4, -0.2) is 29.6 Å². The monoisotopic (exact) mass is 221 g/mol. The van der Waals surface area contributed by atoms with Gasteiger partial charge in [0.05, 0.1) is 0 Å². The van der Waals surface area contributed by atoms with Gasteiger partial charge in [-0.3, -0.25) is 0 Å². The Hall–Kier alpha value is -1.52. The average molecular weight is 221 g/mol. The summed E-state index contributed by atoms with van der Waals surface area (Å²) in [5.41, 5.74) is 6.74. The highest BCUT2D eigenvalue weighted by Crippen LogP contribution is 2.27. The number of piperidine rings is 1. The first-order chi connectivity index (χ1) is 7.83. The van der Waals surface area contributed by atoms with Crippen LogP contribution in [0.15, 0.2) is 6.33 Å². The summed E-state index contributed by atoms with van der Waals surface area (Å²) in [6.45, 7) is 4.95. The van der Waals surface area contributed by atoms with Crippen molar-refractivity contribution in [2.75, 3.05) is 35.6 Å². The van der Waals surface area contributed by atoms with E-state index in [0.717, 1.165) is 31.3 Å². The molecule has 0 aromatic carbocycles. The maximum absolute atomic E-state index is 6.07. The van der Waals surface area contributed by atoms with E-state index in [4.69, 9.17) is 5.73 Å². The second-order valence-electron chi connectivity index (χ2n) is 4.04. The first-order valence-electron chi connectivity index (χ1n) is 5.92. The Morgan fingerprint density at radius 1 is 1.31 bits per heavy atom. The topological polar surface area (TPSA) is 67.1 Å². The molecule has 1 aromatic heterocycles. The third kappa shape index (κ3) is 2.18. The van der Waals surface area contributed by atoms with Gasteiger partial charge in [-0.2, -0.15) is 0 Å². The Morgan fingerprint density at radius 3 is 2.75 bits per heavy atom. The van der Waals surface area contributed by atoms with Crippen LogP contribution in [-0.2, 0) is 0 Å². The summed E-state index contributed by atoms with van der Waals surface area (Å²) in [6, 6.07) is 0. The van der Waals surface area contributed by atoms with Crippen LogP contribution in [0.25, 0.3) is 0 Å². The first kappa shape index (κ1) is 11.0. The fourth-order valence-electron chi connectivity index (χ4n) is 2.05. The lowest BCUT2D eigenvalue weighted by Crippen LogP contribution is -2.31. The zero-order valence-corrected chi connectivity index (χ0v) is 9.74. The highest BCUT2D eigenvalue weighted by molar-refractivity contribution is 5.74. The molecule has 2 heterocycles. The summed E-state index contributed by atoms with van der Waals surface area (Å²) in [5, 5.41) is 3.15. The average Bonchev–Trinajstić information content (AvgIpc) is 2.33. The van der Waals surface area contributed by atoms with Gasteiger partial charge in [0.1, 0.15) is 12.0 Å². The van der Waals surface area contributed by atoms with Crippen LogP contribution in [0.2, 0.25) is 0 Å². The molecule has 0 aliphatic carbocycles. The number of hydrogen-bond donors (Lipinski definition) is 2. The molecule has 0 spiro atoms. The molecule has 2 rings (SSSR count). The zero-order valence-electron chi connectivity index (χ0n) is 9.74. The molecule has 0 amide bonds. The lowest BCUT2D eigenvalue weighted by atomic mass is 10.1. The fourth-order valence-corrected chi connectivity index (χ4v) is 2.05. The number of aromatic nitrogens is 2. The van der Waals surface area contributed by atoms with E-state index in [1.165, 1.54) is 19.3 Å². The normalized spacial score (nSPS) is 16.2. The van der Waals surface area contributed by atoms with E-state index in [1.807, 2.05) is 6.92 Å². The van der Waals surface area contributed by atoms with Crippen LogP contribution in [0.5, 0.6) is 0 Å². The van der Waals surface area contributed by atoms with Gasteiger partial charge in [-0.1, -0.05) is 0 Å². The molecular formula is C11H19N5. The number of hydrogen-bond acceptors (Lipinski definition) is 5. The van der Waals surface area contributed by atoms with Gasteiger partial charge in [0.2, 0.25) is 0 Å². The summed E-state index contributed by atoms with van der Waals surface area (Å²) >= 11 is 0. The minimum atomic E-state index is 0.672. The van der Waals surface area contributed by atoms with Crippen LogP contribution >= 0.6 is 0 Å². The summed E-state index contributed by atoms with van der Waals surface area (Å²) in [4.78, 5) is 10.7.